The molecule has 0 N–H and O–H groups in total. The number of rotatable bonds is 4. The summed E-state index contributed by atoms with van der Waals surface area (Å²) in [5.41, 5.74) is 4.80. The highest BCUT2D eigenvalue weighted by Crippen LogP contribution is 2.25. The number of carbonyl (C=O) groups is 1. The number of amides is 2. The van der Waals surface area contributed by atoms with Gasteiger partial charge in [0, 0.05) is 50.9 Å². The number of fused-ring (bicyclic) bond motifs is 2. The molecule has 1 unspecified atom stereocenters. The molecule has 148 valence electrons. The first-order chi connectivity index (χ1) is 14.2. The number of hydrogen-bond acceptors (Lipinski definition) is 3. The Bertz CT molecular complexity index is 1030. The smallest absolute Gasteiger partial charge is 0.318 e. The summed E-state index contributed by atoms with van der Waals surface area (Å²) in [7, 11) is 0. The van der Waals surface area contributed by atoms with Crippen LogP contribution in [0.4, 0.5) is 4.79 Å². The van der Waals surface area contributed by atoms with Crippen molar-refractivity contribution in [3.8, 4) is 0 Å². The van der Waals surface area contributed by atoms with Crippen LogP contribution in [0.25, 0.3) is 10.9 Å². The Morgan fingerprint density at radius 1 is 0.966 bits per heavy atom. The monoisotopic (exact) mass is 386 g/mol. The van der Waals surface area contributed by atoms with Gasteiger partial charge in [0.15, 0.2) is 0 Å². The maximum absolute atomic E-state index is 12.9. The summed E-state index contributed by atoms with van der Waals surface area (Å²) < 4.78 is 0. The van der Waals surface area contributed by atoms with Crippen molar-refractivity contribution in [2.24, 2.45) is 0 Å². The molecule has 2 aliphatic rings. The summed E-state index contributed by atoms with van der Waals surface area (Å²) in [6.07, 6.45) is 1.90. The molecule has 0 radical (unpaired) electrons. The van der Waals surface area contributed by atoms with Crippen LogP contribution >= 0.6 is 0 Å². The van der Waals surface area contributed by atoms with Gasteiger partial charge in [-0.25, -0.2) is 4.79 Å². The predicted molar refractivity (Wildman–Crippen MR) is 114 cm³/mol. The molecule has 0 bridgehead atoms. The SMILES string of the molecule is Cc1ccc(CN2CC3CN(Cc4ccnc5ccccc45)CCN3C2=O)cc1. The molecule has 3 aromatic rings. The van der Waals surface area contributed by atoms with E-state index in [1.165, 1.54) is 22.1 Å². The molecule has 2 amide bonds. The van der Waals surface area contributed by atoms with Crippen LogP contribution in [-0.4, -0.2) is 57.9 Å². The minimum absolute atomic E-state index is 0.185. The molecular weight excluding hydrogens is 360 g/mol. The number of aryl methyl sites for hydroxylation is 1. The Balaban J connectivity index is 1.27. The number of nitrogens with zero attached hydrogens (tertiary/aromatic N) is 4. The van der Waals surface area contributed by atoms with E-state index in [4.69, 9.17) is 0 Å². The minimum Gasteiger partial charge on any atom is -0.318 e. The van der Waals surface area contributed by atoms with Crippen LogP contribution in [0.1, 0.15) is 16.7 Å². The zero-order valence-electron chi connectivity index (χ0n) is 16.8. The second-order valence-electron chi connectivity index (χ2n) is 8.22. The molecule has 2 saturated heterocycles. The molecule has 5 heteroatoms. The number of aromatic nitrogens is 1. The highest BCUT2D eigenvalue weighted by molar-refractivity contribution is 5.81. The highest BCUT2D eigenvalue weighted by Gasteiger charge is 2.40. The Morgan fingerprint density at radius 3 is 2.66 bits per heavy atom. The third-order valence-electron chi connectivity index (χ3n) is 6.14. The van der Waals surface area contributed by atoms with Crippen molar-refractivity contribution in [1.29, 1.82) is 0 Å². The van der Waals surface area contributed by atoms with E-state index in [0.717, 1.165) is 38.2 Å². The van der Waals surface area contributed by atoms with Gasteiger partial charge in [-0.3, -0.25) is 9.88 Å². The summed E-state index contributed by atoms with van der Waals surface area (Å²) in [6, 6.07) is 19.4. The van der Waals surface area contributed by atoms with Gasteiger partial charge in [0.25, 0.3) is 0 Å². The predicted octanol–water partition coefficient (Wildman–Crippen LogP) is 3.67. The summed E-state index contributed by atoms with van der Waals surface area (Å²) in [5, 5.41) is 1.22. The van der Waals surface area contributed by atoms with E-state index in [1.54, 1.807) is 0 Å². The Morgan fingerprint density at radius 2 is 1.79 bits per heavy atom. The number of carbonyl (C=O) groups excluding carboxylic acids is 1. The van der Waals surface area contributed by atoms with Crippen LogP contribution in [0.5, 0.6) is 0 Å². The van der Waals surface area contributed by atoms with Gasteiger partial charge in [-0.2, -0.15) is 0 Å². The second kappa shape index (κ2) is 7.48. The minimum atomic E-state index is 0.185. The topological polar surface area (TPSA) is 39.7 Å². The van der Waals surface area contributed by atoms with Crippen LogP contribution in [0.2, 0.25) is 0 Å². The maximum Gasteiger partial charge on any atom is 0.320 e. The van der Waals surface area contributed by atoms with Crippen molar-refractivity contribution < 1.29 is 4.79 Å². The van der Waals surface area contributed by atoms with Crippen LogP contribution in [0, 0.1) is 6.92 Å². The third-order valence-corrected chi connectivity index (χ3v) is 6.14. The van der Waals surface area contributed by atoms with Crippen molar-refractivity contribution in [2.75, 3.05) is 26.2 Å². The molecule has 5 nitrogen and oxygen atoms in total. The molecule has 2 aliphatic heterocycles. The molecular formula is C24H26N4O. The van der Waals surface area contributed by atoms with E-state index in [1.807, 2.05) is 17.2 Å². The van der Waals surface area contributed by atoms with Crippen LogP contribution in [-0.2, 0) is 13.1 Å². The second-order valence-corrected chi connectivity index (χ2v) is 8.22. The number of piperazine rings is 1. The number of pyridine rings is 1. The molecule has 0 aliphatic carbocycles. The van der Waals surface area contributed by atoms with Crippen molar-refractivity contribution >= 4 is 16.9 Å². The summed E-state index contributed by atoms with van der Waals surface area (Å²) in [5.74, 6) is 0. The summed E-state index contributed by atoms with van der Waals surface area (Å²) >= 11 is 0. The van der Waals surface area contributed by atoms with E-state index in [-0.39, 0.29) is 12.1 Å². The Hall–Kier alpha value is -2.92. The van der Waals surface area contributed by atoms with Crippen molar-refractivity contribution in [1.82, 2.24) is 19.7 Å². The van der Waals surface area contributed by atoms with Crippen molar-refractivity contribution in [3.05, 3.63) is 77.5 Å². The summed E-state index contributed by atoms with van der Waals surface area (Å²) in [4.78, 5) is 23.9. The van der Waals surface area contributed by atoms with Crippen LogP contribution < -0.4 is 0 Å². The van der Waals surface area contributed by atoms with Crippen molar-refractivity contribution in [3.63, 3.8) is 0 Å². The van der Waals surface area contributed by atoms with E-state index >= 15 is 0 Å². The van der Waals surface area contributed by atoms with Gasteiger partial charge >= 0.3 is 6.03 Å². The zero-order valence-corrected chi connectivity index (χ0v) is 16.8. The van der Waals surface area contributed by atoms with E-state index in [9.17, 15) is 4.79 Å². The van der Waals surface area contributed by atoms with Gasteiger partial charge in [0.2, 0.25) is 0 Å². The maximum atomic E-state index is 12.9. The zero-order chi connectivity index (χ0) is 19.8. The lowest BCUT2D eigenvalue weighted by Gasteiger charge is -2.36. The first kappa shape index (κ1) is 18.1. The fourth-order valence-electron chi connectivity index (χ4n) is 4.57. The van der Waals surface area contributed by atoms with Gasteiger partial charge in [0.1, 0.15) is 0 Å². The number of para-hydroxylation sites is 1. The molecule has 29 heavy (non-hydrogen) atoms. The Labute approximate surface area is 171 Å². The van der Waals surface area contributed by atoms with Gasteiger partial charge in [0.05, 0.1) is 11.6 Å². The first-order valence-corrected chi connectivity index (χ1v) is 10.3. The molecule has 2 aromatic carbocycles. The van der Waals surface area contributed by atoms with Gasteiger partial charge < -0.3 is 9.80 Å². The quantitative estimate of drug-likeness (QED) is 0.687. The van der Waals surface area contributed by atoms with Gasteiger partial charge in [-0.1, -0.05) is 48.0 Å². The lowest BCUT2D eigenvalue weighted by molar-refractivity contribution is 0.116. The van der Waals surface area contributed by atoms with Crippen LogP contribution in [0.15, 0.2) is 60.8 Å². The average molecular weight is 386 g/mol. The Kier molecular flexibility index (Phi) is 4.68. The number of benzene rings is 2. The van der Waals surface area contributed by atoms with E-state index in [2.05, 4.69) is 70.2 Å². The first-order valence-electron chi connectivity index (χ1n) is 10.3. The van der Waals surface area contributed by atoms with Gasteiger partial charge in [-0.05, 0) is 30.2 Å². The summed E-state index contributed by atoms with van der Waals surface area (Å²) in [6.45, 7) is 7.13. The molecule has 3 heterocycles. The van der Waals surface area contributed by atoms with Gasteiger partial charge in [-0.15, -0.1) is 0 Å². The molecule has 2 fully saturated rings. The lowest BCUT2D eigenvalue weighted by Crippen LogP contribution is -2.51. The van der Waals surface area contributed by atoms with E-state index in [0.29, 0.717) is 6.54 Å². The third kappa shape index (κ3) is 3.58. The highest BCUT2D eigenvalue weighted by atomic mass is 16.2. The molecule has 1 atom stereocenters. The largest absolute Gasteiger partial charge is 0.320 e. The number of hydrogen-bond donors (Lipinski definition) is 0. The van der Waals surface area contributed by atoms with E-state index < -0.39 is 0 Å². The number of urea groups is 1. The fourth-order valence-corrected chi connectivity index (χ4v) is 4.57. The molecule has 0 spiro atoms. The molecule has 1 aromatic heterocycles. The molecule has 0 saturated carbocycles. The fraction of sp³-hybridized carbons (Fsp3) is 0.333. The van der Waals surface area contributed by atoms with Crippen LogP contribution in [0.3, 0.4) is 0 Å². The van der Waals surface area contributed by atoms with Crippen molar-refractivity contribution in [2.45, 2.75) is 26.1 Å². The standard InChI is InChI=1S/C24H26N4O/c1-18-6-8-19(9-7-18)14-27-17-21-16-26(12-13-28(21)24(27)29)15-20-10-11-25-23-5-3-2-4-22(20)23/h2-11,21H,12-17H2,1H3. The normalized spacial score (nSPS) is 19.8. The average Bonchev–Trinajstić information content (AvgIpc) is 3.05. The molecule has 5 rings (SSSR count). The lowest BCUT2D eigenvalue weighted by atomic mass is 10.1.